The average molecular weight is 320 g/mol. The second-order valence-electron chi connectivity index (χ2n) is 7.12. The zero-order valence-electron chi connectivity index (χ0n) is 14.2. The van der Waals surface area contributed by atoms with E-state index < -0.39 is 0 Å². The number of hydrogen-bond acceptors (Lipinski definition) is 2. The number of nitrogens with two attached hydrogens (primary N) is 1. The van der Waals surface area contributed by atoms with E-state index in [1.807, 2.05) is 25.1 Å². The lowest BCUT2D eigenvalue weighted by atomic mass is 9.74. The molecule has 4 rings (SSSR count). The third-order valence-corrected chi connectivity index (χ3v) is 5.73. The van der Waals surface area contributed by atoms with Crippen molar-refractivity contribution in [1.82, 2.24) is 4.90 Å². The molecule has 3 heteroatoms. The van der Waals surface area contributed by atoms with Gasteiger partial charge in [0.05, 0.1) is 0 Å². The molecule has 1 saturated heterocycles. The van der Waals surface area contributed by atoms with Gasteiger partial charge in [-0.25, -0.2) is 0 Å². The summed E-state index contributed by atoms with van der Waals surface area (Å²) in [7, 11) is 0. The molecule has 2 aliphatic rings. The summed E-state index contributed by atoms with van der Waals surface area (Å²) in [6.07, 6.45) is 4.38. The van der Waals surface area contributed by atoms with Crippen molar-refractivity contribution in [3.63, 3.8) is 0 Å². The van der Waals surface area contributed by atoms with E-state index in [-0.39, 0.29) is 5.91 Å². The maximum Gasteiger partial charge on any atom is 0.254 e. The van der Waals surface area contributed by atoms with Crippen molar-refractivity contribution < 1.29 is 4.79 Å². The maximum absolute atomic E-state index is 13.1. The summed E-state index contributed by atoms with van der Waals surface area (Å²) in [4.78, 5) is 15.2. The first-order valence-corrected chi connectivity index (χ1v) is 8.90. The average Bonchev–Trinajstić information content (AvgIpc) is 2.62. The number of anilines is 1. The molecule has 1 fully saturated rings. The number of carbonyl (C=O) groups is 1. The Morgan fingerprint density at radius 3 is 2.83 bits per heavy atom. The van der Waals surface area contributed by atoms with E-state index in [1.165, 1.54) is 17.5 Å². The number of likely N-dealkylation sites (tertiary alicyclic amines) is 1. The number of aryl methyl sites for hydroxylation is 2. The maximum atomic E-state index is 13.1. The largest absolute Gasteiger partial charge is 0.398 e. The summed E-state index contributed by atoms with van der Waals surface area (Å²) in [6.45, 7) is 2.83. The van der Waals surface area contributed by atoms with Crippen LogP contribution in [0, 0.1) is 6.92 Å². The first kappa shape index (κ1) is 15.3. The molecule has 2 aromatic carbocycles. The number of piperidine rings is 1. The molecule has 1 heterocycles. The third kappa shape index (κ3) is 2.48. The summed E-state index contributed by atoms with van der Waals surface area (Å²) < 4.78 is 0. The van der Waals surface area contributed by atoms with Crippen molar-refractivity contribution in [2.75, 3.05) is 12.3 Å². The molecule has 0 spiro atoms. The highest BCUT2D eigenvalue weighted by atomic mass is 16.2. The lowest BCUT2D eigenvalue weighted by Crippen LogP contribution is -2.49. The predicted molar refractivity (Wildman–Crippen MR) is 97.2 cm³/mol. The molecule has 2 aromatic rings. The Kier molecular flexibility index (Phi) is 3.79. The van der Waals surface area contributed by atoms with Crippen LogP contribution in [0.5, 0.6) is 0 Å². The summed E-state index contributed by atoms with van der Waals surface area (Å²) in [5, 5.41) is 0. The Balaban J connectivity index is 1.64. The number of nitrogens with zero attached hydrogens (tertiary/aromatic N) is 1. The second kappa shape index (κ2) is 5.97. The van der Waals surface area contributed by atoms with Crippen LogP contribution in [0.2, 0.25) is 0 Å². The van der Waals surface area contributed by atoms with Crippen molar-refractivity contribution in [2.24, 2.45) is 0 Å². The Labute approximate surface area is 143 Å². The first-order chi connectivity index (χ1) is 11.6. The van der Waals surface area contributed by atoms with E-state index in [4.69, 9.17) is 5.73 Å². The molecule has 1 aliphatic heterocycles. The van der Waals surface area contributed by atoms with Crippen molar-refractivity contribution in [3.05, 3.63) is 64.7 Å². The minimum atomic E-state index is 0.135. The fraction of sp³-hybridized carbons (Fsp3) is 0.381. The van der Waals surface area contributed by atoms with E-state index in [9.17, 15) is 4.79 Å². The molecule has 0 bridgehead atoms. The van der Waals surface area contributed by atoms with Crippen LogP contribution in [0.4, 0.5) is 5.69 Å². The molecule has 2 N–H and O–H groups in total. The van der Waals surface area contributed by atoms with Gasteiger partial charge in [-0.05, 0) is 61.4 Å². The van der Waals surface area contributed by atoms with Crippen LogP contribution in [0.15, 0.2) is 42.5 Å². The Morgan fingerprint density at radius 1 is 1.17 bits per heavy atom. The molecule has 0 aromatic heterocycles. The summed E-state index contributed by atoms with van der Waals surface area (Å²) >= 11 is 0. The van der Waals surface area contributed by atoms with Gasteiger partial charge in [-0.1, -0.05) is 30.3 Å². The van der Waals surface area contributed by atoms with Crippen LogP contribution in [-0.2, 0) is 6.42 Å². The predicted octanol–water partition coefficient (Wildman–Crippen LogP) is 3.91. The first-order valence-electron chi connectivity index (χ1n) is 8.90. The fourth-order valence-corrected chi connectivity index (χ4v) is 4.40. The summed E-state index contributed by atoms with van der Waals surface area (Å²) in [6, 6.07) is 14.8. The molecular weight excluding hydrogens is 296 g/mol. The SMILES string of the molecule is Cc1ccc(C(=O)N2CCCC3c4ccccc4CC[C@@H]32)cc1N. The second-order valence-corrected chi connectivity index (χ2v) is 7.12. The van der Waals surface area contributed by atoms with Crippen molar-refractivity contribution in [1.29, 1.82) is 0 Å². The lowest BCUT2D eigenvalue weighted by molar-refractivity contribution is 0.0547. The van der Waals surface area contributed by atoms with Crippen LogP contribution in [-0.4, -0.2) is 23.4 Å². The zero-order chi connectivity index (χ0) is 16.7. The smallest absolute Gasteiger partial charge is 0.254 e. The number of fused-ring (bicyclic) bond motifs is 3. The van der Waals surface area contributed by atoms with Gasteiger partial charge in [0, 0.05) is 29.8 Å². The minimum Gasteiger partial charge on any atom is -0.398 e. The Morgan fingerprint density at radius 2 is 2.00 bits per heavy atom. The highest BCUT2D eigenvalue weighted by Gasteiger charge is 2.38. The highest BCUT2D eigenvalue weighted by molar-refractivity contribution is 5.95. The van der Waals surface area contributed by atoms with Crippen LogP contribution >= 0.6 is 0 Å². The van der Waals surface area contributed by atoms with Gasteiger partial charge in [-0.3, -0.25) is 4.79 Å². The zero-order valence-corrected chi connectivity index (χ0v) is 14.2. The van der Waals surface area contributed by atoms with Gasteiger partial charge in [0.1, 0.15) is 0 Å². The van der Waals surface area contributed by atoms with E-state index in [2.05, 4.69) is 29.2 Å². The van der Waals surface area contributed by atoms with Gasteiger partial charge in [0.2, 0.25) is 0 Å². The van der Waals surface area contributed by atoms with Gasteiger partial charge in [-0.2, -0.15) is 0 Å². The molecule has 1 unspecified atom stereocenters. The molecule has 124 valence electrons. The van der Waals surface area contributed by atoms with Crippen LogP contribution in [0.25, 0.3) is 0 Å². The van der Waals surface area contributed by atoms with Gasteiger partial charge in [0.25, 0.3) is 5.91 Å². The number of nitrogen functional groups attached to an aromatic ring is 1. The van der Waals surface area contributed by atoms with Gasteiger partial charge < -0.3 is 10.6 Å². The van der Waals surface area contributed by atoms with E-state index in [0.717, 1.165) is 36.9 Å². The molecule has 1 aliphatic carbocycles. The molecular formula is C21H24N2O. The van der Waals surface area contributed by atoms with Crippen molar-refractivity contribution >= 4 is 11.6 Å². The number of carbonyl (C=O) groups excluding carboxylic acids is 1. The molecule has 0 saturated carbocycles. The Bertz CT molecular complexity index is 783. The molecule has 1 amide bonds. The highest BCUT2D eigenvalue weighted by Crippen LogP contribution is 2.41. The quantitative estimate of drug-likeness (QED) is 0.810. The van der Waals surface area contributed by atoms with Gasteiger partial charge >= 0.3 is 0 Å². The van der Waals surface area contributed by atoms with Crippen LogP contribution in [0.1, 0.15) is 52.2 Å². The number of amides is 1. The Hall–Kier alpha value is -2.29. The van der Waals surface area contributed by atoms with Crippen LogP contribution in [0.3, 0.4) is 0 Å². The number of rotatable bonds is 1. The van der Waals surface area contributed by atoms with Crippen LogP contribution < -0.4 is 5.73 Å². The normalized spacial score (nSPS) is 22.6. The van der Waals surface area contributed by atoms with Gasteiger partial charge in [0.15, 0.2) is 0 Å². The number of benzene rings is 2. The lowest BCUT2D eigenvalue weighted by Gasteiger charge is -2.45. The monoisotopic (exact) mass is 320 g/mol. The van der Waals surface area contributed by atoms with E-state index in [0.29, 0.717) is 17.6 Å². The third-order valence-electron chi connectivity index (χ3n) is 5.73. The molecule has 24 heavy (non-hydrogen) atoms. The van der Waals surface area contributed by atoms with Crippen molar-refractivity contribution in [3.8, 4) is 0 Å². The van der Waals surface area contributed by atoms with Crippen molar-refractivity contribution in [2.45, 2.75) is 44.6 Å². The topological polar surface area (TPSA) is 46.3 Å². The van der Waals surface area contributed by atoms with E-state index >= 15 is 0 Å². The molecule has 3 nitrogen and oxygen atoms in total. The number of hydrogen-bond donors (Lipinski definition) is 1. The summed E-state index contributed by atoms with van der Waals surface area (Å²) in [5.74, 6) is 0.617. The fourth-order valence-electron chi connectivity index (χ4n) is 4.40. The van der Waals surface area contributed by atoms with E-state index in [1.54, 1.807) is 0 Å². The minimum absolute atomic E-state index is 0.135. The summed E-state index contributed by atoms with van der Waals surface area (Å²) in [5.41, 5.74) is 11.4. The standard InChI is InChI=1S/C21H24N2O/c1-14-8-9-16(13-19(14)22)21(24)23-12-4-7-18-17-6-3-2-5-15(17)10-11-20(18)23/h2-3,5-6,8-9,13,18,20H,4,7,10-12,22H2,1H3/t18?,20-/m0/s1. The van der Waals surface area contributed by atoms with Gasteiger partial charge in [-0.15, -0.1) is 0 Å². The molecule has 2 atom stereocenters. The molecule has 0 radical (unpaired) electrons.